The molecule has 0 fully saturated rings. The second-order valence-electron chi connectivity index (χ2n) is 15.4. The third-order valence-electron chi connectivity index (χ3n) is 10.2. The highest BCUT2D eigenvalue weighted by atomic mass is 35.5. The van der Waals surface area contributed by atoms with Crippen molar-refractivity contribution < 1.29 is 38.2 Å². The van der Waals surface area contributed by atoms with Crippen LogP contribution in [-0.4, -0.2) is 78.1 Å². The average molecular weight is 1070 g/mol. The van der Waals surface area contributed by atoms with Crippen molar-refractivity contribution in [2.75, 3.05) is 52.1 Å². The number of carbonyl (C=O) groups is 6. The topological polar surface area (TPSA) is 218 Å². The fourth-order valence-corrected chi connectivity index (χ4v) is 7.63. The van der Waals surface area contributed by atoms with Gasteiger partial charge in [-0.3, -0.25) is 28.8 Å². The Balaban J connectivity index is 1.29. The molecule has 71 heavy (non-hydrogen) atoms. The molecule has 5 rings (SSSR count). The molecule has 0 aliphatic heterocycles. The fraction of sp³-hybridized carbons (Fsp3) is 0.280. The van der Waals surface area contributed by atoms with Gasteiger partial charge < -0.3 is 30.7 Å². The molecule has 0 aromatic heterocycles. The molecule has 0 aliphatic rings. The number of ketones is 2. The van der Waals surface area contributed by atoms with Gasteiger partial charge in [0.1, 0.15) is 22.9 Å². The Morgan fingerprint density at radius 1 is 0.521 bits per heavy atom. The Morgan fingerprint density at radius 2 is 0.972 bits per heavy atom. The molecule has 16 nitrogen and oxygen atoms in total. The van der Waals surface area contributed by atoms with E-state index in [0.717, 1.165) is 25.0 Å². The van der Waals surface area contributed by atoms with Crippen LogP contribution in [0.15, 0.2) is 111 Å². The second kappa shape index (κ2) is 27.2. The van der Waals surface area contributed by atoms with Crippen molar-refractivity contribution in [3.05, 3.63) is 129 Å². The molecule has 0 bridgehead atoms. The highest BCUT2D eigenvalue weighted by Gasteiger charge is 2.26. The summed E-state index contributed by atoms with van der Waals surface area (Å²) in [6, 6.07) is 20.5. The zero-order valence-corrected chi connectivity index (χ0v) is 42.7. The SMILES string of the molecule is CCOc1ccc(CCCl)cc1NC(=O)c1ccc(Cl)c(N=NC(C(C)=O)C(=O)Nc2ccc(NC(=O)C(N=Nc3cc(C(=O)Nc4cc(CCCl)ccc4OCC)ccc3Cl)C(C)=O)c(CCCl)c2)c1. The van der Waals surface area contributed by atoms with Gasteiger partial charge in [-0.05, 0) is 143 Å². The van der Waals surface area contributed by atoms with Crippen molar-refractivity contribution in [2.45, 2.75) is 59.0 Å². The Bertz CT molecular complexity index is 2850. The lowest BCUT2D eigenvalue weighted by Gasteiger charge is -2.16. The van der Waals surface area contributed by atoms with Gasteiger partial charge in [0, 0.05) is 40.1 Å². The quantitative estimate of drug-likeness (QED) is 0.0264. The number of hydrogen-bond acceptors (Lipinski definition) is 12. The van der Waals surface area contributed by atoms with Crippen molar-refractivity contribution in [2.24, 2.45) is 20.5 Å². The molecule has 0 spiro atoms. The van der Waals surface area contributed by atoms with Crippen molar-refractivity contribution in [3.8, 4) is 11.5 Å². The highest BCUT2D eigenvalue weighted by Crippen LogP contribution is 2.32. The summed E-state index contributed by atoms with van der Waals surface area (Å²) in [5, 5.41) is 27.4. The summed E-state index contributed by atoms with van der Waals surface area (Å²) in [7, 11) is 0. The first kappa shape index (κ1) is 55.5. The van der Waals surface area contributed by atoms with E-state index >= 15 is 0 Å². The van der Waals surface area contributed by atoms with Gasteiger partial charge in [0.25, 0.3) is 23.6 Å². The van der Waals surface area contributed by atoms with Crippen LogP contribution in [0.3, 0.4) is 0 Å². The predicted molar refractivity (Wildman–Crippen MR) is 279 cm³/mol. The summed E-state index contributed by atoms with van der Waals surface area (Å²) >= 11 is 30.8. The largest absolute Gasteiger partial charge is 0.492 e. The lowest BCUT2D eigenvalue weighted by molar-refractivity contribution is -0.127. The number of ether oxygens (including phenoxy) is 2. The number of rotatable bonds is 24. The smallest absolute Gasteiger partial charge is 0.258 e. The number of nitrogens with zero attached hydrogens (tertiary/aromatic N) is 4. The van der Waals surface area contributed by atoms with Crippen molar-refractivity contribution >= 4 is 127 Å². The molecule has 4 amide bonds. The van der Waals surface area contributed by atoms with E-state index < -0.39 is 47.3 Å². The van der Waals surface area contributed by atoms with E-state index in [2.05, 4.69) is 41.7 Å². The minimum absolute atomic E-state index is 0.0163. The maximum absolute atomic E-state index is 13.6. The molecule has 21 heteroatoms. The molecule has 0 saturated carbocycles. The minimum Gasteiger partial charge on any atom is -0.492 e. The predicted octanol–water partition coefficient (Wildman–Crippen LogP) is 12.0. The Kier molecular flexibility index (Phi) is 21.3. The van der Waals surface area contributed by atoms with Crippen LogP contribution >= 0.6 is 58.0 Å². The van der Waals surface area contributed by atoms with Gasteiger partial charge in [-0.2, -0.15) is 20.5 Å². The van der Waals surface area contributed by atoms with Crippen LogP contribution < -0.4 is 30.7 Å². The summed E-state index contributed by atoms with van der Waals surface area (Å²) in [6.45, 7) is 6.70. The summed E-state index contributed by atoms with van der Waals surface area (Å²) < 4.78 is 11.4. The van der Waals surface area contributed by atoms with Crippen LogP contribution in [0.4, 0.5) is 34.1 Å². The summed E-state index contributed by atoms with van der Waals surface area (Å²) in [4.78, 5) is 79.4. The molecule has 5 aromatic carbocycles. The Labute approximate surface area is 435 Å². The van der Waals surface area contributed by atoms with Crippen LogP contribution in [-0.2, 0) is 38.4 Å². The van der Waals surface area contributed by atoms with Crippen molar-refractivity contribution in [1.29, 1.82) is 0 Å². The fourth-order valence-electron chi connectivity index (χ4n) is 6.68. The normalized spacial score (nSPS) is 12.0. The number of aryl methyl sites for hydroxylation is 3. The van der Waals surface area contributed by atoms with Gasteiger partial charge in [-0.15, -0.1) is 34.8 Å². The number of amides is 4. The van der Waals surface area contributed by atoms with Crippen LogP contribution in [0.2, 0.25) is 10.0 Å². The molecule has 0 radical (unpaired) electrons. The number of azo groups is 2. The molecule has 2 atom stereocenters. The third kappa shape index (κ3) is 15.8. The van der Waals surface area contributed by atoms with E-state index in [4.69, 9.17) is 67.5 Å². The number of anilines is 4. The van der Waals surface area contributed by atoms with Gasteiger partial charge in [-0.1, -0.05) is 35.3 Å². The van der Waals surface area contributed by atoms with Gasteiger partial charge in [0.15, 0.2) is 11.6 Å². The summed E-state index contributed by atoms with van der Waals surface area (Å²) in [5.41, 5.74) is 3.91. The van der Waals surface area contributed by atoms with Gasteiger partial charge in [0.2, 0.25) is 12.1 Å². The zero-order valence-electron chi connectivity index (χ0n) is 38.9. The number of benzene rings is 5. The summed E-state index contributed by atoms with van der Waals surface area (Å²) in [6.07, 6.45) is 1.35. The molecule has 372 valence electrons. The standard InChI is InChI=1S/C50H49Cl5N8O8/c1-5-70-43-15-7-30(17-20-51)23-41(43)58-47(66)33-9-12-36(54)39(26-33)60-62-45(28(3)64)49(68)56-35-11-14-38(32(25-35)19-22-53)57-50(69)46(29(4)65)63-61-40-27-34(10-13-37(40)55)48(67)59-42-24-31(18-21-52)8-16-44(42)71-6-2/h7-16,23-27,45-46H,5-6,17-22H2,1-4H3,(H,56,68)(H,57,69)(H,58,66)(H,59,67). The van der Waals surface area contributed by atoms with Gasteiger partial charge in [0.05, 0.1) is 34.6 Å². The number of carbonyl (C=O) groups excluding carboxylic acids is 6. The second-order valence-corrected chi connectivity index (χ2v) is 17.3. The average Bonchev–Trinajstić information content (AvgIpc) is 3.32. The van der Waals surface area contributed by atoms with Crippen LogP contribution in [0.25, 0.3) is 0 Å². The molecule has 0 saturated heterocycles. The van der Waals surface area contributed by atoms with E-state index in [1.54, 1.807) is 24.3 Å². The maximum Gasteiger partial charge on any atom is 0.258 e. The Morgan fingerprint density at radius 3 is 1.39 bits per heavy atom. The molecule has 2 unspecified atom stereocenters. The van der Waals surface area contributed by atoms with Crippen molar-refractivity contribution in [1.82, 2.24) is 0 Å². The number of hydrogen-bond donors (Lipinski definition) is 4. The van der Waals surface area contributed by atoms with E-state index in [9.17, 15) is 28.8 Å². The first-order valence-electron chi connectivity index (χ1n) is 22.1. The lowest BCUT2D eigenvalue weighted by Crippen LogP contribution is -2.32. The van der Waals surface area contributed by atoms with Crippen LogP contribution in [0.5, 0.6) is 11.5 Å². The number of alkyl halides is 3. The van der Waals surface area contributed by atoms with E-state index in [1.807, 2.05) is 26.0 Å². The number of halogens is 5. The van der Waals surface area contributed by atoms with E-state index in [-0.39, 0.29) is 56.2 Å². The number of nitrogens with one attached hydrogen (secondary N) is 4. The summed E-state index contributed by atoms with van der Waals surface area (Å²) in [5.74, 6) is -2.21. The Hall–Kier alpha value is -6.43. The van der Waals surface area contributed by atoms with Gasteiger partial charge >= 0.3 is 0 Å². The molecular weight excluding hydrogens is 1020 g/mol. The molecule has 0 heterocycles. The highest BCUT2D eigenvalue weighted by molar-refractivity contribution is 6.33. The molecule has 5 aromatic rings. The van der Waals surface area contributed by atoms with E-state index in [0.29, 0.717) is 66.3 Å². The molecule has 4 N–H and O–H groups in total. The van der Waals surface area contributed by atoms with Crippen LogP contribution in [0.1, 0.15) is 65.1 Å². The maximum atomic E-state index is 13.6. The monoisotopic (exact) mass is 1060 g/mol. The van der Waals surface area contributed by atoms with Crippen molar-refractivity contribution in [3.63, 3.8) is 0 Å². The van der Waals surface area contributed by atoms with Crippen LogP contribution in [0, 0.1) is 0 Å². The lowest BCUT2D eigenvalue weighted by atomic mass is 10.1. The van der Waals surface area contributed by atoms with Gasteiger partial charge in [-0.25, -0.2) is 0 Å². The minimum atomic E-state index is -1.64. The molecule has 0 aliphatic carbocycles. The first-order valence-corrected chi connectivity index (χ1v) is 24.4. The first-order chi connectivity index (χ1) is 34.1. The molecular formula is C50H49Cl5N8O8. The number of Topliss-reactive ketones (excluding diaryl/α,β-unsaturated/α-hetero) is 2. The third-order valence-corrected chi connectivity index (χ3v) is 11.4. The van der Waals surface area contributed by atoms with E-state index in [1.165, 1.54) is 54.6 Å². The zero-order chi connectivity index (χ0) is 51.6.